The summed E-state index contributed by atoms with van der Waals surface area (Å²) in [6.45, 7) is 0. The number of H-pyrrole nitrogens is 1. The Balaban J connectivity index is 1.91. The van der Waals surface area contributed by atoms with Crippen LogP contribution >= 0.6 is 0 Å². The van der Waals surface area contributed by atoms with E-state index in [1.807, 2.05) is 0 Å². The molecule has 3 aromatic rings. The van der Waals surface area contributed by atoms with E-state index in [2.05, 4.69) is 20.6 Å². The highest BCUT2D eigenvalue weighted by atomic mass is 32.2. The number of halogens is 1. The lowest BCUT2D eigenvalue weighted by molar-refractivity contribution is 0.219. The van der Waals surface area contributed by atoms with E-state index in [9.17, 15) is 17.9 Å². The first-order chi connectivity index (χ1) is 11.5. The molecule has 1 aromatic carbocycles. The van der Waals surface area contributed by atoms with Crippen LogP contribution in [0, 0.1) is 5.82 Å². The number of furan rings is 1. The average Bonchev–Trinajstić information content (AvgIpc) is 3.24. The number of benzene rings is 1. The molecule has 1 atom stereocenters. The number of hydrogen-bond acceptors (Lipinski definition) is 7. The number of aliphatic hydroxyl groups excluding tert-OH is 1. The lowest BCUT2D eigenvalue weighted by atomic mass is 10.2. The van der Waals surface area contributed by atoms with Crippen molar-refractivity contribution in [2.75, 3.05) is 0 Å². The van der Waals surface area contributed by atoms with Gasteiger partial charge in [-0.15, -0.1) is 10.2 Å². The number of tetrazole rings is 1. The van der Waals surface area contributed by atoms with Crippen molar-refractivity contribution in [3.63, 3.8) is 0 Å². The molecule has 2 N–H and O–H groups in total. The van der Waals surface area contributed by atoms with Crippen LogP contribution in [-0.2, 0) is 9.84 Å². The summed E-state index contributed by atoms with van der Waals surface area (Å²) < 4.78 is 43.1. The number of nitrogens with zero attached hydrogens (tertiary/aromatic N) is 3. The Morgan fingerprint density at radius 2 is 2.00 bits per heavy atom. The maximum absolute atomic E-state index is 13.0. The molecule has 124 valence electrons. The zero-order chi connectivity index (χ0) is 17.2. The summed E-state index contributed by atoms with van der Waals surface area (Å²) in [4.78, 5) is -0.177. The third-order valence-corrected chi connectivity index (χ3v) is 4.96. The van der Waals surface area contributed by atoms with Crippen molar-refractivity contribution in [1.82, 2.24) is 20.6 Å². The highest BCUT2D eigenvalue weighted by Crippen LogP contribution is 2.26. The maximum atomic E-state index is 13.0. The number of nitrogens with one attached hydrogen (secondary N) is 1. The molecule has 0 bridgehead atoms. The van der Waals surface area contributed by atoms with E-state index in [4.69, 9.17) is 4.42 Å². The first-order valence-electron chi connectivity index (χ1n) is 6.65. The lowest BCUT2D eigenvalue weighted by Gasteiger charge is -2.03. The zero-order valence-electron chi connectivity index (χ0n) is 12.0. The van der Waals surface area contributed by atoms with Gasteiger partial charge in [0.05, 0.1) is 11.2 Å². The Hall–Kier alpha value is -2.85. The van der Waals surface area contributed by atoms with Gasteiger partial charge in [0.1, 0.15) is 23.1 Å². The molecule has 3 rings (SSSR count). The highest BCUT2D eigenvalue weighted by molar-refractivity contribution is 7.91. The van der Waals surface area contributed by atoms with E-state index in [1.165, 1.54) is 30.5 Å². The number of hydrogen-bond donors (Lipinski definition) is 2. The summed E-state index contributed by atoms with van der Waals surface area (Å²) in [5.74, 6) is -0.498. The highest BCUT2D eigenvalue weighted by Gasteiger charge is 2.22. The fourth-order valence-corrected chi connectivity index (χ4v) is 3.31. The summed E-state index contributed by atoms with van der Waals surface area (Å²) in [5, 5.41) is 22.6. The first kappa shape index (κ1) is 16.0. The molecule has 2 aromatic heterocycles. The Labute approximate surface area is 135 Å². The molecule has 0 aliphatic carbocycles. The van der Waals surface area contributed by atoms with Gasteiger partial charge in [0.2, 0.25) is 15.7 Å². The Kier molecular flexibility index (Phi) is 4.23. The Bertz CT molecular complexity index is 949. The number of aliphatic hydroxyl groups is 1. The monoisotopic (exact) mass is 350 g/mol. The van der Waals surface area contributed by atoms with Crippen LogP contribution in [-0.4, -0.2) is 34.1 Å². The SMILES string of the molecule is O=S(=O)(c1ccc(F)cc1)c1cocc1C=CC(O)c1nn[nH]n1. The minimum Gasteiger partial charge on any atom is -0.471 e. The van der Waals surface area contributed by atoms with Crippen LogP contribution in [0.15, 0.2) is 57.1 Å². The standard InChI is InChI=1S/C14H11FN4O4S/c15-10-2-4-11(5-3-10)24(21,22)13-8-23-7-9(13)1-6-12(20)14-16-18-19-17-14/h1-8,12,20H,(H,16,17,18,19). The Morgan fingerprint density at radius 3 is 2.67 bits per heavy atom. The van der Waals surface area contributed by atoms with Crippen molar-refractivity contribution in [2.24, 2.45) is 0 Å². The molecular weight excluding hydrogens is 339 g/mol. The summed E-state index contributed by atoms with van der Waals surface area (Å²) in [5.41, 5.74) is 0.224. The molecule has 1 unspecified atom stereocenters. The molecule has 2 heterocycles. The van der Waals surface area contributed by atoms with Crippen molar-refractivity contribution < 1.29 is 22.3 Å². The van der Waals surface area contributed by atoms with E-state index in [0.29, 0.717) is 0 Å². The molecule has 0 aliphatic rings. The summed E-state index contributed by atoms with van der Waals surface area (Å²) in [7, 11) is -3.89. The number of rotatable bonds is 5. The smallest absolute Gasteiger partial charge is 0.210 e. The third kappa shape index (κ3) is 3.09. The molecule has 0 fully saturated rings. The van der Waals surface area contributed by atoms with Gasteiger partial charge in [0.25, 0.3) is 0 Å². The third-order valence-electron chi connectivity index (χ3n) is 3.15. The number of aromatic nitrogens is 4. The molecule has 24 heavy (non-hydrogen) atoms. The maximum Gasteiger partial charge on any atom is 0.210 e. The van der Waals surface area contributed by atoms with Crippen LogP contribution in [0.25, 0.3) is 6.08 Å². The van der Waals surface area contributed by atoms with E-state index in [1.54, 1.807) is 0 Å². The second-order valence-electron chi connectivity index (χ2n) is 4.72. The van der Waals surface area contributed by atoms with Crippen molar-refractivity contribution in [3.05, 3.63) is 60.1 Å². The second kappa shape index (κ2) is 6.34. The lowest BCUT2D eigenvalue weighted by Crippen LogP contribution is -2.02. The van der Waals surface area contributed by atoms with E-state index < -0.39 is 21.8 Å². The zero-order valence-corrected chi connectivity index (χ0v) is 12.8. The van der Waals surface area contributed by atoms with Crippen molar-refractivity contribution in [3.8, 4) is 0 Å². The van der Waals surface area contributed by atoms with Crippen LogP contribution in [0.5, 0.6) is 0 Å². The summed E-state index contributed by atoms with van der Waals surface area (Å²) >= 11 is 0. The van der Waals surface area contributed by atoms with Gasteiger partial charge in [-0.05, 0) is 30.3 Å². The second-order valence-corrected chi connectivity index (χ2v) is 6.64. The number of sulfone groups is 1. The van der Waals surface area contributed by atoms with E-state index in [0.717, 1.165) is 18.4 Å². The van der Waals surface area contributed by atoms with Gasteiger partial charge in [-0.3, -0.25) is 0 Å². The Morgan fingerprint density at radius 1 is 1.25 bits per heavy atom. The first-order valence-corrected chi connectivity index (χ1v) is 8.13. The van der Waals surface area contributed by atoms with Gasteiger partial charge < -0.3 is 9.52 Å². The average molecular weight is 350 g/mol. The minimum absolute atomic E-state index is 0.0395. The minimum atomic E-state index is -3.89. The van der Waals surface area contributed by atoms with E-state index in [-0.39, 0.29) is 21.2 Å². The fraction of sp³-hybridized carbons (Fsp3) is 0.0714. The van der Waals surface area contributed by atoms with Crippen LogP contribution in [0.2, 0.25) is 0 Å². The van der Waals surface area contributed by atoms with E-state index >= 15 is 0 Å². The largest absolute Gasteiger partial charge is 0.471 e. The van der Waals surface area contributed by atoms with Gasteiger partial charge in [0, 0.05) is 5.56 Å². The van der Waals surface area contributed by atoms with Crippen molar-refractivity contribution in [1.29, 1.82) is 0 Å². The topological polar surface area (TPSA) is 122 Å². The molecule has 0 saturated carbocycles. The number of aromatic amines is 1. The van der Waals surface area contributed by atoms with Crippen LogP contribution in [0.1, 0.15) is 17.5 Å². The summed E-state index contributed by atoms with van der Waals surface area (Å²) in [6.07, 6.45) is 3.77. The fourth-order valence-electron chi connectivity index (χ4n) is 1.95. The van der Waals surface area contributed by atoms with Crippen LogP contribution < -0.4 is 0 Å². The summed E-state index contributed by atoms with van der Waals surface area (Å²) in [6, 6.07) is 4.45. The van der Waals surface area contributed by atoms with Gasteiger partial charge in [0.15, 0.2) is 0 Å². The predicted octanol–water partition coefficient (Wildman–Crippen LogP) is 1.51. The molecule has 0 spiro atoms. The molecule has 10 heteroatoms. The molecular formula is C14H11FN4O4S. The molecule has 0 radical (unpaired) electrons. The van der Waals surface area contributed by atoms with Gasteiger partial charge in [-0.25, -0.2) is 12.8 Å². The molecule has 8 nitrogen and oxygen atoms in total. The normalized spacial score (nSPS) is 13.4. The van der Waals surface area contributed by atoms with Crippen molar-refractivity contribution >= 4 is 15.9 Å². The molecule has 0 amide bonds. The molecule has 0 saturated heterocycles. The predicted molar refractivity (Wildman–Crippen MR) is 78.7 cm³/mol. The van der Waals surface area contributed by atoms with Crippen molar-refractivity contribution in [2.45, 2.75) is 15.9 Å². The molecule has 0 aliphatic heterocycles. The van der Waals surface area contributed by atoms with Crippen LogP contribution in [0.4, 0.5) is 4.39 Å². The quantitative estimate of drug-likeness (QED) is 0.669. The van der Waals surface area contributed by atoms with Crippen LogP contribution in [0.3, 0.4) is 0 Å². The van der Waals surface area contributed by atoms with Gasteiger partial charge in [-0.1, -0.05) is 11.3 Å². The van der Waals surface area contributed by atoms with Gasteiger partial charge >= 0.3 is 0 Å². The van der Waals surface area contributed by atoms with Gasteiger partial charge in [-0.2, -0.15) is 5.21 Å².